The Labute approximate surface area is 71.2 Å². The first kappa shape index (κ1) is 8.94. The van der Waals surface area contributed by atoms with Gasteiger partial charge in [0.05, 0.1) is 6.10 Å². The molecule has 0 saturated carbocycles. The average Bonchev–Trinajstić information content (AvgIpc) is 2.01. The molecule has 0 fully saturated rings. The zero-order chi connectivity index (χ0) is 8.97. The summed E-state index contributed by atoms with van der Waals surface area (Å²) in [5, 5.41) is 8.90. The minimum atomic E-state index is -0.492. The van der Waals surface area contributed by atoms with Crippen LogP contribution in [0.1, 0.15) is 12.5 Å². The van der Waals surface area contributed by atoms with Gasteiger partial charge in [-0.05, 0) is 24.6 Å². The number of aliphatic hydroxyl groups is 1. The Bertz CT molecular complexity index is 279. The second kappa shape index (κ2) is 4.02. The van der Waals surface area contributed by atoms with Gasteiger partial charge in [0.1, 0.15) is 5.82 Å². The fourth-order valence-corrected chi connectivity index (χ4v) is 0.861. The fourth-order valence-electron chi connectivity index (χ4n) is 0.861. The molecular weight excluding hydrogens is 155 g/mol. The van der Waals surface area contributed by atoms with Crippen LogP contribution in [-0.2, 0) is 0 Å². The van der Waals surface area contributed by atoms with Crippen LogP contribution in [0.4, 0.5) is 4.39 Å². The molecule has 2 heteroatoms. The summed E-state index contributed by atoms with van der Waals surface area (Å²) in [7, 11) is 0. The Balaban J connectivity index is 2.76. The molecule has 0 aromatic heterocycles. The lowest BCUT2D eigenvalue weighted by atomic mass is 10.2. The summed E-state index contributed by atoms with van der Waals surface area (Å²) in [6, 6.07) is 6.22. The molecule has 12 heavy (non-hydrogen) atoms. The highest BCUT2D eigenvalue weighted by atomic mass is 19.1. The van der Waals surface area contributed by atoms with E-state index in [9.17, 15) is 4.39 Å². The van der Waals surface area contributed by atoms with E-state index in [0.29, 0.717) is 0 Å². The van der Waals surface area contributed by atoms with Crippen LogP contribution in [0.2, 0.25) is 0 Å². The Morgan fingerprint density at radius 3 is 2.83 bits per heavy atom. The van der Waals surface area contributed by atoms with Gasteiger partial charge in [-0.25, -0.2) is 4.39 Å². The Morgan fingerprint density at radius 1 is 1.50 bits per heavy atom. The smallest absolute Gasteiger partial charge is 0.123 e. The van der Waals surface area contributed by atoms with Crippen molar-refractivity contribution < 1.29 is 9.50 Å². The van der Waals surface area contributed by atoms with Crippen molar-refractivity contribution in [3.8, 4) is 0 Å². The third-order valence-corrected chi connectivity index (χ3v) is 1.42. The van der Waals surface area contributed by atoms with E-state index in [0.717, 1.165) is 5.56 Å². The van der Waals surface area contributed by atoms with E-state index < -0.39 is 6.10 Å². The molecule has 0 heterocycles. The van der Waals surface area contributed by atoms with Crippen LogP contribution < -0.4 is 0 Å². The molecule has 0 amide bonds. The number of hydrogen-bond acceptors (Lipinski definition) is 1. The zero-order valence-electron chi connectivity index (χ0n) is 6.87. The van der Waals surface area contributed by atoms with Crippen LogP contribution in [0.5, 0.6) is 0 Å². The van der Waals surface area contributed by atoms with E-state index in [4.69, 9.17) is 5.11 Å². The van der Waals surface area contributed by atoms with Gasteiger partial charge in [-0.1, -0.05) is 24.3 Å². The van der Waals surface area contributed by atoms with Crippen molar-refractivity contribution in [3.05, 3.63) is 41.7 Å². The summed E-state index contributed by atoms with van der Waals surface area (Å²) in [5.41, 5.74) is 0.760. The molecule has 64 valence electrons. The lowest BCUT2D eigenvalue weighted by molar-refractivity contribution is 0.245. The highest BCUT2D eigenvalue weighted by molar-refractivity contribution is 5.49. The molecule has 1 aromatic carbocycles. The van der Waals surface area contributed by atoms with Gasteiger partial charge >= 0.3 is 0 Å². The van der Waals surface area contributed by atoms with E-state index in [1.807, 2.05) is 0 Å². The molecule has 1 atom stereocenters. The van der Waals surface area contributed by atoms with Crippen molar-refractivity contribution in [2.45, 2.75) is 13.0 Å². The van der Waals surface area contributed by atoms with Crippen molar-refractivity contribution in [2.24, 2.45) is 0 Å². The SMILES string of the molecule is C[C@H](O)/C=C/c1cccc(F)c1. The summed E-state index contributed by atoms with van der Waals surface area (Å²) in [6.07, 6.45) is 2.80. The summed E-state index contributed by atoms with van der Waals surface area (Å²) in [4.78, 5) is 0. The standard InChI is InChI=1S/C10H11FO/c1-8(12)5-6-9-3-2-4-10(11)7-9/h2-8,12H,1H3/b6-5+/t8-/m0/s1. The van der Waals surface area contributed by atoms with Gasteiger partial charge in [-0.15, -0.1) is 0 Å². The minimum absolute atomic E-state index is 0.261. The quantitative estimate of drug-likeness (QED) is 0.714. The molecule has 0 aliphatic rings. The predicted molar refractivity (Wildman–Crippen MR) is 47.1 cm³/mol. The third-order valence-electron chi connectivity index (χ3n) is 1.42. The van der Waals surface area contributed by atoms with Crippen LogP contribution in [-0.4, -0.2) is 11.2 Å². The van der Waals surface area contributed by atoms with Crippen molar-refractivity contribution >= 4 is 6.08 Å². The van der Waals surface area contributed by atoms with Crippen molar-refractivity contribution in [2.75, 3.05) is 0 Å². The first-order valence-corrected chi connectivity index (χ1v) is 3.80. The molecule has 1 aromatic rings. The third kappa shape index (κ3) is 2.84. The number of aliphatic hydroxyl groups excluding tert-OH is 1. The predicted octanol–water partition coefficient (Wildman–Crippen LogP) is 2.22. The van der Waals surface area contributed by atoms with Gasteiger partial charge in [0.2, 0.25) is 0 Å². The van der Waals surface area contributed by atoms with Gasteiger partial charge in [0, 0.05) is 0 Å². The summed E-state index contributed by atoms with van der Waals surface area (Å²) in [5.74, 6) is -0.261. The number of benzene rings is 1. The zero-order valence-corrected chi connectivity index (χ0v) is 6.87. The second-order valence-corrected chi connectivity index (χ2v) is 2.65. The largest absolute Gasteiger partial charge is 0.389 e. The maximum atomic E-state index is 12.6. The number of hydrogen-bond donors (Lipinski definition) is 1. The average molecular weight is 166 g/mol. The van der Waals surface area contributed by atoms with E-state index in [-0.39, 0.29) is 5.82 Å². The molecule has 0 aliphatic heterocycles. The molecule has 0 aliphatic carbocycles. The van der Waals surface area contributed by atoms with Crippen LogP contribution >= 0.6 is 0 Å². The summed E-state index contributed by atoms with van der Waals surface area (Å²) >= 11 is 0. The van der Waals surface area contributed by atoms with E-state index >= 15 is 0 Å². The molecule has 1 rings (SSSR count). The molecule has 0 radical (unpaired) electrons. The molecule has 1 nitrogen and oxygen atoms in total. The first-order chi connectivity index (χ1) is 5.68. The van der Waals surface area contributed by atoms with Crippen LogP contribution in [0.25, 0.3) is 6.08 Å². The second-order valence-electron chi connectivity index (χ2n) is 2.65. The fraction of sp³-hybridized carbons (Fsp3) is 0.200. The van der Waals surface area contributed by atoms with E-state index in [1.54, 1.807) is 31.2 Å². The van der Waals surface area contributed by atoms with Crippen molar-refractivity contribution in [1.82, 2.24) is 0 Å². The normalized spacial score (nSPS) is 13.6. The van der Waals surface area contributed by atoms with E-state index in [2.05, 4.69) is 0 Å². The summed E-state index contributed by atoms with van der Waals surface area (Å²) in [6.45, 7) is 1.65. The maximum Gasteiger partial charge on any atom is 0.123 e. The first-order valence-electron chi connectivity index (χ1n) is 3.80. The van der Waals surface area contributed by atoms with Crippen LogP contribution in [0.3, 0.4) is 0 Å². The van der Waals surface area contributed by atoms with Crippen molar-refractivity contribution in [1.29, 1.82) is 0 Å². The molecule has 1 N–H and O–H groups in total. The number of rotatable bonds is 2. The molecule has 0 bridgehead atoms. The van der Waals surface area contributed by atoms with Gasteiger partial charge in [0.15, 0.2) is 0 Å². The monoisotopic (exact) mass is 166 g/mol. The topological polar surface area (TPSA) is 20.2 Å². The molecular formula is C10H11FO. The van der Waals surface area contributed by atoms with Gasteiger partial charge in [-0.2, -0.15) is 0 Å². The van der Waals surface area contributed by atoms with Gasteiger partial charge in [-0.3, -0.25) is 0 Å². The molecule has 0 saturated heterocycles. The Hall–Kier alpha value is -1.15. The lowest BCUT2D eigenvalue weighted by Crippen LogP contribution is -1.91. The Morgan fingerprint density at radius 2 is 2.25 bits per heavy atom. The van der Waals surface area contributed by atoms with Crippen LogP contribution in [0, 0.1) is 5.82 Å². The highest BCUT2D eigenvalue weighted by Gasteiger charge is 1.90. The lowest BCUT2D eigenvalue weighted by Gasteiger charge is -1.95. The van der Waals surface area contributed by atoms with Gasteiger partial charge < -0.3 is 5.11 Å². The van der Waals surface area contributed by atoms with Gasteiger partial charge in [0.25, 0.3) is 0 Å². The molecule has 0 spiro atoms. The highest BCUT2D eigenvalue weighted by Crippen LogP contribution is 2.05. The Kier molecular flexibility index (Phi) is 3.00. The maximum absolute atomic E-state index is 12.6. The van der Waals surface area contributed by atoms with Crippen molar-refractivity contribution in [3.63, 3.8) is 0 Å². The summed E-state index contributed by atoms with van der Waals surface area (Å²) < 4.78 is 12.6. The van der Waals surface area contributed by atoms with Crippen LogP contribution in [0.15, 0.2) is 30.3 Å². The molecule has 0 unspecified atom stereocenters. The number of halogens is 1. The van der Waals surface area contributed by atoms with E-state index in [1.165, 1.54) is 12.1 Å². The minimum Gasteiger partial charge on any atom is -0.389 e.